The Hall–Kier alpha value is -2.60. The Morgan fingerprint density at radius 3 is 2.93 bits per heavy atom. The highest BCUT2D eigenvalue weighted by molar-refractivity contribution is 7.09. The number of hydrogen-bond donors (Lipinski definition) is 1. The lowest BCUT2D eigenvalue weighted by molar-refractivity contribution is -0.122. The van der Waals surface area contributed by atoms with E-state index < -0.39 is 0 Å². The van der Waals surface area contributed by atoms with Gasteiger partial charge >= 0.3 is 0 Å². The Balaban J connectivity index is 1.52. The zero-order valence-corrected chi connectivity index (χ0v) is 16.6. The van der Waals surface area contributed by atoms with Gasteiger partial charge in [0.05, 0.1) is 23.4 Å². The second-order valence-corrected chi connectivity index (χ2v) is 7.98. The number of aryl methyl sites for hydroxylation is 2. The van der Waals surface area contributed by atoms with Gasteiger partial charge in [0.2, 0.25) is 5.91 Å². The predicted molar refractivity (Wildman–Crippen MR) is 107 cm³/mol. The first-order valence-electron chi connectivity index (χ1n) is 9.13. The topological polar surface area (TPSA) is 56.2 Å². The first-order valence-corrected chi connectivity index (χ1v) is 10.0. The van der Waals surface area contributed by atoms with Crippen molar-refractivity contribution in [3.05, 3.63) is 57.7 Å². The molecule has 27 heavy (non-hydrogen) atoms. The fraction of sp³-hybridized carbons (Fsp3) is 0.333. The van der Waals surface area contributed by atoms with Crippen LogP contribution in [0.5, 0.6) is 5.75 Å². The van der Waals surface area contributed by atoms with E-state index >= 15 is 0 Å². The van der Waals surface area contributed by atoms with Crippen LogP contribution in [0.1, 0.15) is 34.4 Å². The normalized spacial score (nSPS) is 15.9. The molecule has 1 atom stereocenters. The fourth-order valence-electron chi connectivity index (χ4n) is 3.67. The van der Waals surface area contributed by atoms with Gasteiger partial charge in [0.15, 0.2) is 0 Å². The molecular formula is C21H23N3O2S. The van der Waals surface area contributed by atoms with Crippen LogP contribution < -0.4 is 10.1 Å². The molecule has 0 bridgehead atoms. The van der Waals surface area contributed by atoms with Gasteiger partial charge in [-0.1, -0.05) is 18.2 Å². The van der Waals surface area contributed by atoms with E-state index in [1.54, 1.807) is 11.3 Å². The number of carbonyl (C=O) groups excluding carboxylic acids is 1. The Bertz CT molecular complexity index is 989. The summed E-state index contributed by atoms with van der Waals surface area (Å²) in [6, 6.07) is 10.0. The number of nitrogens with zero attached hydrogens (tertiary/aromatic N) is 2. The molecule has 1 aromatic carbocycles. The summed E-state index contributed by atoms with van der Waals surface area (Å²) in [7, 11) is 0. The summed E-state index contributed by atoms with van der Waals surface area (Å²) >= 11 is 1.64. The highest BCUT2D eigenvalue weighted by atomic mass is 32.1. The summed E-state index contributed by atoms with van der Waals surface area (Å²) in [4.78, 5) is 17.3. The van der Waals surface area contributed by atoms with Crippen molar-refractivity contribution in [3.8, 4) is 17.0 Å². The van der Waals surface area contributed by atoms with Crippen molar-refractivity contribution >= 4 is 17.2 Å². The molecule has 0 unspecified atom stereocenters. The Morgan fingerprint density at radius 2 is 2.15 bits per heavy atom. The van der Waals surface area contributed by atoms with Crippen molar-refractivity contribution in [1.82, 2.24) is 14.9 Å². The Kier molecular flexibility index (Phi) is 4.74. The van der Waals surface area contributed by atoms with E-state index in [2.05, 4.69) is 26.3 Å². The second kappa shape index (κ2) is 7.19. The fourth-order valence-corrected chi connectivity index (χ4v) is 4.28. The Labute approximate surface area is 163 Å². The maximum atomic E-state index is 12.8. The molecule has 0 saturated heterocycles. The summed E-state index contributed by atoms with van der Waals surface area (Å²) < 4.78 is 7.74. The molecule has 3 heterocycles. The quantitative estimate of drug-likeness (QED) is 0.738. The summed E-state index contributed by atoms with van der Waals surface area (Å²) in [5.41, 5.74) is 5.27. The lowest BCUT2D eigenvalue weighted by Crippen LogP contribution is -2.34. The number of amides is 1. The standard InChI is InChI=1S/C21H23N3O2S/c1-13-10-17(19-12-27-15(3)22-19)14(2)24(13)11-21(25)23-18-8-9-26-20-7-5-4-6-16(18)20/h4-7,10,12,18H,8-9,11H2,1-3H3,(H,23,25)/t18-/m1/s1. The van der Waals surface area contributed by atoms with Crippen molar-refractivity contribution in [3.63, 3.8) is 0 Å². The monoisotopic (exact) mass is 381 g/mol. The van der Waals surface area contributed by atoms with Gasteiger partial charge < -0.3 is 14.6 Å². The first kappa shape index (κ1) is 17.8. The lowest BCUT2D eigenvalue weighted by Gasteiger charge is -2.26. The van der Waals surface area contributed by atoms with Gasteiger partial charge in [-0.2, -0.15) is 0 Å². The molecule has 0 spiro atoms. The molecule has 2 aromatic heterocycles. The van der Waals surface area contributed by atoms with Crippen LogP contribution in [0.4, 0.5) is 0 Å². The number of hydrogen-bond acceptors (Lipinski definition) is 4. The number of para-hydroxylation sites is 1. The van der Waals surface area contributed by atoms with Crippen LogP contribution in [0.3, 0.4) is 0 Å². The molecule has 1 amide bonds. The van der Waals surface area contributed by atoms with Gasteiger partial charge in [0.1, 0.15) is 12.3 Å². The average Bonchev–Trinajstić information content (AvgIpc) is 3.20. The molecule has 0 fully saturated rings. The number of fused-ring (bicyclic) bond motifs is 1. The minimum absolute atomic E-state index is 0.000662. The third-order valence-electron chi connectivity index (χ3n) is 5.06. The highest BCUT2D eigenvalue weighted by Gasteiger charge is 2.23. The van der Waals surface area contributed by atoms with Crippen molar-refractivity contribution in [2.75, 3.05) is 6.61 Å². The number of ether oxygens (including phenoxy) is 1. The van der Waals surface area contributed by atoms with Gasteiger partial charge in [0.25, 0.3) is 0 Å². The summed E-state index contributed by atoms with van der Waals surface area (Å²) in [5, 5.41) is 6.29. The van der Waals surface area contributed by atoms with Gasteiger partial charge in [-0.3, -0.25) is 4.79 Å². The van der Waals surface area contributed by atoms with Crippen LogP contribution in [-0.4, -0.2) is 22.1 Å². The maximum Gasteiger partial charge on any atom is 0.240 e. The molecule has 1 aliphatic rings. The minimum atomic E-state index is -0.000662. The van der Waals surface area contributed by atoms with Crippen molar-refractivity contribution in [2.24, 2.45) is 0 Å². The zero-order valence-electron chi connectivity index (χ0n) is 15.8. The number of aromatic nitrogens is 2. The number of thiazole rings is 1. The lowest BCUT2D eigenvalue weighted by atomic mass is 10.0. The predicted octanol–water partition coefficient (Wildman–Crippen LogP) is 4.18. The average molecular weight is 382 g/mol. The minimum Gasteiger partial charge on any atom is -0.493 e. The third-order valence-corrected chi connectivity index (χ3v) is 5.84. The van der Waals surface area contributed by atoms with E-state index in [-0.39, 0.29) is 11.9 Å². The van der Waals surface area contributed by atoms with Crippen LogP contribution in [-0.2, 0) is 11.3 Å². The smallest absolute Gasteiger partial charge is 0.240 e. The summed E-state index contributed by atoms with van der Waals surface area (Å²) in [6.07, 6.45) is 0.787. The maximum absolute atomic E-state index is 12.8. The largest absolute Gasteiger partial charge is 0.493 e. The van der Waals surface area contributed by atoms with Gasteiger partial charge in [-0.25, -0.2) is 4.98 Å². The van der Waals surface area contributed by atoms with E-state index in [1.165, 1.54) is 0 Å². The number of benzene rings is 1. The van der Waals surface area contributed by atoms with Crippen LogP contribution in [0, 0.1) is 20.8 Å². The summed E-state index contributed by atoms with van der Waals surface area (Å²) in [5.74, 6) is 0.878. The number of carbonyl (C=O) groups is 1. The van der Waals surface area contributed by atoms with Gasteiger partial charge in [0, 0.05) is 34.3 Å². The summed E-state index contributed by atoms with van der Waals surface area (Å²) in [6.45, 7) is 7.02. The van der Waals surface area contributed by atoms with E-state index in [4.69, 9.17) is 4.74 Å². The van der Waals surface area contributed by atoms with Crippen LogP contribution in [0.15, 0.2) is 35.7 Å². The molecule has 5 nitrogen and oxygen atoms in total. The van der Waals surface area contributed by atoms with Crippen molar-refractivity contribution < 1.29 is 9.53 Å². The van der Waals surface area contributed by atoms with Crippen LogP contribution >= 0.6 is 11.3 Å². The molecule has 0 saturated carbocycles. The molecule has 4 rings (SSSR count). The van der Waals surface area contributed by atoms with E-state index in [9.17, 15) is 4.79 Å². The van der Waals surface area contributed by atoms with Crippen LogP contribution in [0.25, 0.3) is 11.3 Å². The molecule has 3 aromatic rings. The first-order chi connectivity index (χ1) is 13.0. The van der Waals surface area contributed by atoms with E-state index in [0.717, 1.165) is 45.4 Å². The SMILES string of the molecule is Cc1nc(-c2cc(C)n(CC(=O)N[C@@H]3CCOc4ccccc43)c2C)cs1. The Morgan fingerprint density at radius 1 is 1.33 bits per heavy atom. The number of nitrogens with one attached hydrogen (secondary N) is 1. The van der Waals surface area contributed by atoms with Gasteiger partial charge in [-0.05, 0) is 32.9 Å². The molecular weight excluding hydrogens is 358 g/mol. The number of rotatable bonds is 4. The zero-order chi connectivity index (χ0) is 19.0. The molecule has 0 aliphatic carbocycles. The second-order valence-electron chi connectivity index (χ2n) is 6.92. The molecule has 1 N–H and O–H groups in total. The molecule has 140 valence electrons. The van der Waals surface area contributed by atoms with E-state index in [1.807, 2.05) is 45.0 Å². The van der Waals surface area contributed by atoms with Gasteiger partial charge in [-0.15, -0.1) is 11.3 Å². The molecule has 6 heteroatoms. The molecule has 1 aliphatic heterocycles. The molecule has 0 radical (unpaired) electrons. The van der Waals surface area contributed by atoms with E-state index in [0.29, 0.717) is 13.2 Å². The van der Waals surface area contributed by atoms with Crippen LogP contribution in [0.2, 0.25) is 0 Å². The van der Waals surface area contributed by atoms with Crippen molar-refractivity contribution in [2.45, 2.75) is 39.8 Å². The third kappa shape index (κ3) is 3.49. The van der Waals surface area contributed by atoms with Crippen molar-refractivity contribution in [1.29, 1.82) is 0 Å². The highest BCUT2D eigenvalue weighted by Crippen LogP contribution is 2.32.